The largest absolute Gasteiger partial charge is 0.481 e. The molecule has 0 aliphatic rings. The predicted octanol–water partition coefficient (Wildman–Crippen LogP) is -0.273. The van der Waals surface area contributed by atoms with Crippen LogP contribution in [0.3, 0.4) is 0 Å². The van der Waals surface area contributed by atoms with Crippen molar-refractivity contribution in [2.24, 2.45) is 11.8 Å². The van der Waals surface area contributed by atoms with Crippen molar-refractivity contribution in [3.05, 3.63) is 0 Å². The fourth-order valence-corrected chi connectivity index (χ4v) is 1.37. The lowest BCUT2D eigenvalue weighted by Gasteiger charge is -2.17. The highest BCUT2D eigenvalue weighted by atomic mass is 16.4. The minimum atomic E-state index is -1.63. The molecule has 2 atom stereocenters. The molecular weight excluding hydrogens is 236 g/mol. The summed E-state index contributed by atoms with van der Waals surface area (Å²) in [6, 6.07) is 0. The van der Waals surface area contributed by atoms with Gasteiger partial charge in [0.05, 0.1) is 18.3 Å². The Labute approximate surface area is 95.5 Å². The Balaban J connectivity index is 4.83. The number of rotatable bonds is 8. The summed E-state index contributed by atoms with van der Waals surface area (Å²) in [5.41, 5.74) is 0. The normalized spacial score (nSPS) is 13.6. The second-order valence-electron chi connectivity index (χ2n) is 3.42. The third-order valence-electron chi connectivity index (χ3n) is 2.18. The molecule has 0 aromatic rings. The van der Waals surface area contributed by atoms with E-state index in [2.05, 4.69) is 0 Å². The Morgan fingerprint density at radius 2 is 1.24 bits per heavy atom. The van der Waals surface area contributed by atoms with Gasteiger partial charge in [0.2, 0.25) is 0 Å². The molecule has 0 aromatic carbocycles. The van der Waals surface area contributed by atoms with Gasteiger partial charge in [-0.3, -0.25) is 19.2 Å². The molecule has 0 rings (SSSR count). The van der Waals surface area contributed by atoms with Gasteiger partial charge in [0.25, 0.3) is 0 Å². The van der Waals surface area contributed by atoms with Crippen LogP contribution in [0.2, 0.25) is 0 Å². The average Bonchev–Trinajstić information content (AvgIpc) is 2.14. The zero-order valence-corrected chi connectivity index (χ0v) is 8.70. The number of hydrogen-bond donors (Lipinski definition) is 4. The molecule has 0 radical (unpaired) electrons. The zero-order chi connectivity index (χ0) is 13.6. The Kier molecular flexibility index (Phi) is 5.65. The van der Waals surface area contributed by atoms with Crippen molar-refractivity contribution in [1.82, 2.24) is 0 Å². The number of carboxylic acid groups (broad SMARTS) is 4. The van der Waals surface area contributed by atoms with E-state index in [0.717, 1.165) is 0 Å². The molecule has 0 spiro atoms. The van der Waals surface area contributed by atoms with Crippen molar-refractivity contribution in [1.29, 1.82) is 0 Å². The monoisotopic (exact) mass is 248 g/mol. The van der Waals surface area contributed by atoms with Crippen LogP contribution >= 0.6 is 0 Å². The van der Waals surface area contributed by atoms with E-state index in [9.17, 15) is 19.2 Å². The van der Waals surface area contributed by atoms with Gasteiger partial charge in [0.15, 0.2) is 0 Å². The van der Waals surface area contributed by atoms with E-state index in [4.69, 9.17) is 20.4 Å². The molecule has 2 unspecified atom stereocenters. The lowest BCUT2D eigenvalue weighted by Crippen LogP contribution is -2.32. The van der Waals surface area contributed by atoms with Gasteiger partial charge >= 0.3 is 23.9 Å². The quantitative estimate of drug-likeness (QED) is 0.458. The highest BCUT2D eigenvalue weighted by Gasteiger charge is 2.35. The van der Waals surface area contributed by atoms with Crippen LogP contribution in [-0.2, 0) is 19.2 Å². The fraction of sp³-hybridized carbons (Fsp3) is 0.556. The van der Waals surface area contributed by atoms with E-state index < -0.39 is 55.0 Å². The molecule has 8 nitrogen and oxygen atoms in total. The predicted molar refractivity (Wildman–Crippen MR) is 51.4 cm³/mol. The topological polar surface area (TPSA) is 149 Å². The van der Waals surface area contributed by atoms with E-state index in [1.807, 2.05) is 0 Å². The van der Waals surface area contributed by atoms with E-state index in [1.54, 1.807) is 0 Å². The molecule has 0 aromatic heterocycles. The van der Waals surface area contributed by atoms with E-state index in [-0.39, 0.29) is 0 Å². The summed E-state index contributed by atoms with van der Waals surface area (Å²) in [6.45, 7) is 0. The molecule has 0 saturated carbocycles. The first kappa shape index (κ1) is 14.9. The highest BCUT2D eigenvalue weighted by Crippen LogP contribution is 2.22. The second kappa shape index (κ2) is 6.46. The summed E-state index contributed by atoms with van der Waals surface area (Å²) in [6.07, 6.45) is -1.80. The first-order chi connectivity index (χ1) is 7.75. The van der Waals surface area contributed by atoms with Crippen molar-refractivity contribution >= 4 is 23.9 Å². The summed E-state index contributed by atoms with van der Waals surface area (Å²) >= 11 is 0. The minimum absolute atomic E-state index is 0.422. The van der Waals surface area contributed by atoms with Gasteiger partial charge in [0, 0.05) is 6.42 Å². The molecule has 4 N–H and O–H groups in total. The molecule has 0 aliphatic heterocycles. The molecule has 0 aliphatic carbocycles. The summed E-state index contributed by atoms with van der Waals surface area (Å²) < 4.78 is 0. The third kappa shape index (κ3) is 5.50. The third-order valence-corrected chi connectivity index (χ3v) is 2.18. The Bertz CT molecular complexity index is 334. The van der Waals surface area contributed by atoms with Crippen LogP contribution in [-0.4, -0.2) is 44.3 Å². The van der Waals surface area contributed by atoms with Crippen LogP contribution in [0.15, 0.2) is 0 Å². The number of carboxylic acids is 4. The van der Waals surface area contributed by atoms with Gasteiger partial charge in [-0.05, 0) is 6.42 Å². The summed E-state index contributed by atoms with van der Waals surface area (Å²) in [5.74, 6) is -8.95. The molecule has 96 valence electrons. The van der Waals surface area contributed by atoms with Crippen LogP contribution < -0.4 is 0 Å². The lowest BCUT2D eigenvalue weighted by atomic mass is 9.86. The van der Waals surface area contributed by atoms with E-state index >= 15 is 0 Å². The van der Waals surface area contributed by atoms with E-state index in [1.165, 1.54) is 0 Å². The van der Waals surface area contributed by atoms with Gasteiger partial charge in [-0.1, -0.05) is 0 Å². The van der Waals surface area contributed by atoms with Crippen molar-refractivity contribution in [3.8, 4) is 0 Å². The Morgan fingerprint density at radius 3 is 1.53 bits per heavy atom. The maximum Gasteiger partial charge on any atom is 0.307 e. The molecule has 0 amide bonds. The van der Waals surface area contributed by atoms with E-state index in [0.29, 0.717) is 0 Å². The van der Waals surface area contributed by atoms with Gasteiger partial charge in [-0.25, -0.2) is 0 Å². The van der Waals surface area contributed by atoms with Crippen LogP contribution in [0.4, 0.5) is 0 Å². The Hall–Kier alpha value is -2.12. The van der Waals surface area contributed by atoms with Crippen LogP contribution in [0.1, 0.15) is 19.3 Å². The standard InChI is InChI=1S/C9H12O8/c10-6(11)2-1-4(8(14)15)5(9(16)17)3-7(12)13/h4-5H,1-3H2,(H,10,11)(H,12,13)(H,14,15)(H,16,17). The van der Waals surface area contributed by atoms with Crippen molar-refractivity contribution in [2.75, 3.05) is 0 Å². The minimum Gasteiger partial charge on any atom is -0.481 e. The number of hydrogen-bond acceptors (Lipinski definition) is 4. The van der Waals surface area contributed by atoms with Crippen molar-refractivity contribution in [3.63, 3.8) is 0 Å². The smallest absolute Gasteiger partial charge is 0.307 e. The fourth-order valence-electron chi connectivity index (χ4n) is 1.37. The van der Waals surface area contributed by atoms with Crippen molar-refractivity contribution in [2.45, 2.75) is 19.3 Å². The first-order valence-electron chi connectivity index (χ1n) is 4.65. The second-order valence-corrected chi connectivity index (χ2v) is 3.42. The average molecular weight is 248 g/mol. The molecular formula is C9H12O8. The SMILES string of the molecule is O=C(O)CCC(C(=O)O)C(CC(=O)O)C(=O)O. The van der Waals surface area contributed by atoms with Gasteiger partial charge in [0.1, 0.15) is 0 Å². The number of carbonyl (C=O) groups is 4. The molecule has 0 fully saturated rings. The molecule has 0 heterocycles. The van der Waals surface area contributed by atoms with Gasteiger partial charge in [-0.2, -0.15) is 0 Å². The maximum absolute atomic E-state index is 10.8. The summed E-state index contributed by atoms with van der Waals surface area (Å²) in [4.78, 5) is 42.2. The molecule has 0 saturated heterocycles. The Morgan fingerprint density at radius 1 is 0.765 bits per heavy atom. The maximum atomic E-state index is 10.8. The van der Waals surface area contributed by atoms with Crippen LogP contribution in [0, 0.1) is 11.8 Å². The number of aliphatic carboxylic acids is 4. The van der Waals surface area contributed by atoms with Crippen molar-refractivity contribution < 1.29 is 39.6 Å². The highest BCUT2D eigenvalue weighted by molar-refractivity contribution is 5.84. The summed E-state index contributed by atoms with van der Waals surface area (Å²) in [5, 5.41) is 34.4. The molecule has 17 heavy (non-hydrogen) atoms. The first-order valence-corrected chi connectivity index (χ1v) is 4.65. The molecule has 0 bridgehead atoms. The lowest BCUT2D eigenvalue weighted by molar-refractivity contribution is -0.157. The van der Waals surface area contributed by atoms with Crippen LogP contribution in [0.5, 0.6) is 0 Å². The zero-order valence-electron chi connectivity index (χ0n) is 8.70. The molecule has 8 heteroatoms. The summed E-state index contributed by atoms with van der Waals surface area (Å²) in [7, 11) is 0. The van der Waals surface area contributed by atoms with Gasteiger partial charge < -0.3 is 20.4 Å². The van der Waals surface area contributed by atoms with Gasteiger partial charge in [-0.15, -0.1) is 0 Å². The van der Waals surface area contributed by atoms with Crippen LogP contribution in [0.25, 0.3) is 0 Å².